The summed E-state index contributed by atoms with van der Waals surface area (Å²) in [6, 6.07) is 5.12. The van der Waals surface area contributed by atoms with E-state index in [4.69, 9.17) is 9.90 Å². The molecule has 1 fully saturated rings. The van der Waals surface area contributed by atoms with E-state index in [1.54, 1.807) is 35.3 Å². The molecule has 184 valence electrons. The number of amides is 1. The van der Waals surface area contributed by atoms with Crippen molar-refractivity contribution in [1.29, 1.82) is 0 Å². The van der Waals surface area contributed by atoms with Crippen LogP contribution in [0.25, 0.3) is 0 Å². The molecule has 1 aromatic rings. The molecule has 13 heteroatoms. The van der Waals surface area contributed by atoms with Crippen LogP contribution in [0.1, 0.15) is 10.4 Å². The Hall–Kier alpha value is -3.06. The van der Waals surface area contributed by atoms with Crippen LogP contribution in [0.15, 0.2) is 43.5 Å². The number of carboxylic acids is 1. The summed E-state index contributed by atoms with van der Waals surface area (Å²) in [5.41, 5.74) is 1.60. The lowest BCUT2D eigenvalue weighted by atomic mass is 10.1. The number of piperazine rings is 1. The molecule has 2 rings (SSSR count). The fourth-order valence-electron chi connectivity index (χ4n) is 2.87. The fraction of sp³-hybridized carbons (Fsp3) is 0.400. The van der Waals surface area contributed by atoms with Gasteiger partial charge in [-0.15, -0.1) is 13.2 Å². The quantitative estimate of drug-likeness (QED) is 0.475. The molecule has 1 heterocycles. The molecule has 1 saturated heterocycles. The minimum absolute atomic E-state index is 0.201. The second kappa shape index (κ2) is 12.3. The molecular formula is C20H27F3N4O5S. The van der Waals surface area contributed by atoms with Gasteiger partial charge in [-0.1, -0.05) is 12.2 Å². The van der Waals surface area contributed by atoms with Crippen molar-refractivity contribution in [3.05, 3.63) is 49.1 Å². The van der Waals surface area contributed by atoms with Crippen LogP contribution in [0.5, 0.6) is 0 Å². The van der Waals surface area contributed by atoms with Crippen LogP contribution in [0, 0.1) is 0 Å². The van der Waals surface area contributed by atoms with Gasteiger partial charge in [0, 0.05) is 44.8 Å². The van der Waals surface area contributed by atoms with Crippen molar-refractivity contribution in [3.63, 3.8) is 0 Å². The van der Waals surface area contributed by atoms with Gasteiger partial charge in [-0.25, -0.2) is 13.2 Å². The molecule has 33 heavy (non-hydrogen) atoms. The maximum Gasteiger partial charge on any atom is 0.490 e. The molecule has 0 saturated carbocycles. The number of hydrogen-bond acceptors (Lipinski definition) is 6. The van der Waals surface area contributed by atoms with E-state index >= 15 is 0 Å². The smallest absolute Gasteiger partial charge is 0.475 e. The van der Waals surface area contributed by atoms with Crippen LogP contribution >= 0.6 is 0 Å². The fourth-order valence-corrected chi connectivity index (χ4v) is 3.43. The van der Waals surface area contributed by atoms with Crippen molar-refractivity contribution < 1.29 is 36.3 Å². The highest BCUT2D eigenvalue weighted by Crippen LogP contribution is 2.29. The standard InChI is InChI=1S/C18H26N4O3S.C2HF3O2/c1-4-10-22(11-5-2)18(23)15-6-7-17(21-12-8-19-9-13-21)16(14-15)20-26(3,24)25;3-2(4,5)1(6)7/h4-7,14,19-20H,1-2,8-13H2,3H3;(H,6,7). The van der Waals surface area contributed by atoms with Crippen molar-refractivity contribution in [2.75, 3.05) is 55.1 Å². The Morgan fingerprint density at radius 3 is 2.15 bits per heavy atom. The first-order valence-electron chi connectivity index (χ1n) is 9.68. The van der Waals surface area contributed by atoms with Gasteiger partial charge in [0.2, 0.25) is 10.0 Å². The first-order chi connectivity index (χ1) is 15.3. The van der Waals surface area contributed by atoms with Gasteiger partial charge in [0.15, 0.2) is 0 Å². The molecule has 0 atom stereocenters. The number of hydrogen-bond donors (Lipinski definition) is 3. The molecule has 0 aromatic heterocycles. The monoisotopic (exact) mass is 492 g/mol. The maximum absolute atomic E-state index is 12.8. The third kappa shape index (κ3) is 9.53. The number of benzene rings is 1. The number of aliphatic carboxylic acids is 1. The number of carboxylic acid groups (broad SMARTS) is 1. The maximum atomic E-state index is 12.8. The van der Waals surface area contributed by atoms with Crippen molar-refractivity contribution >= 4 is 33.3 Å². The van der Waals surface area contributed by atoms with E-state index in [0.29, 0.717) is 24.3 Å². The van der Waals surface area contributed by atoms with Crippen molar-refractivity contribution in [2.45, 2.75) is 6.18 Å². The number of anilines is 2. The molecule has 0 aliphatic carbocycles. The highest BCUT2D eigenvalue weighted by molar-refractivity contribution is 7.92. The number of alkyl halides is 3. The predicted octanol–water partition coefficient (Wildman–Crippen LogP) is 1.92. The highest BCUT2D eigenvalue weighted by atomic mass is 32.2. The summed E-state index contributed by atoms with van der Waals surface area (Å²) in [7, 11) is -3.47. The van der Waals surface area contributed by atoms with E-state index in [2.05, 4.69) is 28.1 Å². The van der Waals surface area contributed by atoms with Crippen molar-refractivity contribution in [3.8, 4) is 0 Å². The molecule has 0 bridgehead atoms. The van der Waals surface area contributed by atoms with Gasteiger partial charge in [-0.2, -0.15) is 13.2 Å². The van der Waals surface area contributed by atoms with Gasteiger partial charge >= 0.3 is 12.1 Å². The lowest BCUT2D eigenvalue weighted by molar-refractivity contribution is -0.192. The van der Waals surface area contributed by atoms with E-state index in [1.807, 2.05) is 0 Å². The van der Waals surface area contributed by atoms with Gasteiger partial charge in [-0.05, 0) is 18.2 Å². The van der Waals surface area contributed by atoms with Crippen LogP contribution in [0.4, 0.5) is 24.5 Å². The first kappa shape index (κ1) is 28.0. The van der Waals surface area contributed by atoms with Gasteiger partial charge < -0.3 is 20.2 Å². The van der Waals surface area contributed by atoms with Gasteiger partial charge in [0.05, 0.1) is 17.6 Å². The average molecular weight is 493 g/mol. The van der Waals surface area contributed by atoms with Crippen LogP contribution in [-0.4, -0.2) is 82.0 Å². The third-order valence-electron chi connectivity index (χ3n) is 4.23. The molecule has 0 radical (unpaired) electrons. The Labute approximate surface area is 190 Å². The van der Waals surface area contributed by atoms with Crippen LogP contribution in [0.2, 0.25) is 0 Å². The zero-order chi connectivity index (χ0) is 25.2. The number of carbonyl (C=O) groups is 2. The molecule has 1 aliphatic rings. The molecule has 0 unspecified atom stereocenters. The molecule has 1 aliphatic heterocycles. The van der Waals surface area contributed by atoms with Gasteiger partial charge in [0.25, 0.3) is 5.91 Å². The lowest BCUT2D eigenvalue weighted by Gasteiger charge is -2.31. The van der Waals surface area contributed by atoms with E-state index in [0.717, 1.165) is 38.1 Å². The lowest BCUT2D eigenvalue weighted by Crippen LogP contribution is -2.43. The zero-order valence-electron chi connectivity index (χ0n) is 18.1. The number of nitrogens with zero attached hydrogens (tertiary/aromatic N) is 2. The van der Waals surface area contributed by atoms with Crippen molar-refractivity contribution in [2.24, 2.45) is 0 Å². The molecule has 1 amide bonds. The summed E-state index contributed by atoms with van der Waals surface area (Å²) in [6.07, 6.45) is -0.691. The second-order valence-corrected chi connectivity index (χ2v) is 8.68. The van der Waals surface area contributed by atoms with Crippen LogP contribution in [0.3, 0.4) is 0 Å². The normalized spacial score (nSPS) is 13.9. The number of nitrogens with one attached hydrogen (secondary N) is 2. The molecule has 1 aromatic carbocycles. The zero-order valence-corrected chi connectivity index (χ0v) is 18.9. The summed E-state index contributed by atoms with van der Waals surface area (Å²) in [5, 5.41) is 10.4. The largest absolute Gasteiger partial charge is 0.490 e. The average Bonchev–Trinajstić information content (AvgIpc) is 2.72. The van der Waals surface area contributed by atoms with Crippen LogP contribution < -0.4 is 14.9 Å². The van der Waals surface area contributed by atoms with Crippen molar-refractivity contribution in [1.82, 2.24) is 10.2 Å². The highest BCUT2D eigenvalue weighted by Gasteiger charge is 2.38. The molecular weight excluding hydrogens is 465 g/mol. The Balaban J connectivity index is 0.000000675. The minimum Gasteiger partial charge on any atom is -0.475 e. The summed E-state index contributed by atoms with van der Waals surface area (Å²) in [4.78, 5) is 25.3. The van der Waals surface area contributed by atoms with E-state index in [9.17, 15) is 26.4 Å². The summed E-state index contributed by atoms with van der Waals surface area (Å²) in [6.45, 7) is 11.3. The second-order valence-electron chi connectivity index (χ2n) is 6.93. The molecule has 0 spiro atoms. The Bertz CT molecular complexity index is 951. The Morgan fingerprint density at radius 1 is 1.21 bits per heavy atom. The number of sulfonamides is 1. The van der Waals surface area contributed by atoms with Gasteiger partial charge in [0.1, 0.15) is 0 Å². The first-order valence-corrected chi connectivity index (χ1v) is 11.6. The predicted molar refractivity (Wildman–Crippen MR) is 120 cm³/mol. The minimum atomic E-state index is -5.08. The third-order valence-corrected chi connectivity index (χ3v) is 4.82. The van der Waals surface area contributed by atoms with E-state index in [1.165, 1.54) is 0 Å². The number of carbonyl (C=O) groups excluding carboxylic acids is 1. The topological polar surface area (TPSA) is 119 Å². The Morgan fingerprint density at radius 2 is 1.73 bits per heavy atom. The summed E-state index contributed by atoms with van der Waals surface area (Å²) >= 11 is 0. The molecule has 3 N–H and O–H groups in total. The Kier molecular flexibility index (Phi) is 10.4. The van der Waals surface area contributed by atoms with Gasteiger partial charge in [-0.3, -0.25) is 9.52 Å². The number of halogens is 3. The number of rotatable bonds is 8. The molecule has 9 nitrogen and oxygen atoms in total. The SMILES string of the molecule is C=CCN(CC=C)C(=O)c1ccc(N2CCNCC2)c(NS(C)(=O)=O)c1.O=C(O)C(F)(F)F. The van der Waals surface area contributed by atoms with Crippen LogP contribution in [-0.2, 0) is 14.8 Å². The van der Waals surface area contributed by atoms with E-state index in [-0.39, 0.29) is 5.91 Å². The summed E-state index contributed by atoms with van der Waals surface area (Å²) < 4.78 is 57.9. The summed E-state index contributed by atoms with van der Waals surface area (Å²) in [5.74, 6) is -2.96. The van der Waals surface area contributed by atoms with E-state index < -0.39 is 22.2 Å².